The van der Waals surface area contributed by atoms with E-state index in [-0.39, 0.29) is 5.92 Å². The predicted octanol–water partition coefficient (Wildman–Crippen LogP) is 4.75. The quantitative estimate of drug-likeness (QED) is 0.344. The van der Waals surface area contributed by atoms with Gasteiger partial charge >= 0.3 is 0 Å². The Kier molecular flexibility index (Phi) is 5.02. The molecule has 0 spiro atoms. The standard InChI is InChI=1S/C27H24N2O3/c1-32-20-13-14-29-22(15-19-9-5-6-10-21(19)17-7-3-2-4-8-17)24(18-11-12-18)25(23(29)16-20)26(30)27(28)31/h2-10,13-14,16,18H,11-12,15H2,1H3,(H2,28,31). The van der Waals surface area contributed by atoms with E-state index in [1.165, 1.54) is 0 Å². The van der Waals surface area contributed by atoms with Crippen LogP contribution < -0.4 is 10.5 Å². The van der Waals surface area contributed by atoms with Crippen LogP contribution >= 0.6 is 0 Å². The molecule has 0 aliphatic heterocycles. The molecule has 2 heterocycles. The Bertz CT molecular complexity index is 1330. The normalized spacial score (nSPS) is 13.3. The molecule has 1 fully saturated rings. The summed E-state index contributed by atoms with van der Waals surface area (Å²) >= 11 is 0. The maximum atomic E-state index is 12.9. The second-order valence-corrected chi connectivity index (χ2v) is 8.22. The highest BCUT2D eigenvalue weighted by Crippen LogP contribution is 2.46. The van der Waals surface area contributed by atoms with Crippen LogP contribution in [-0.4, -0.2) is 23.2 Å². The van der Waals surface area contributed by atoms with Crippen molar-refractivity contribution >= 4 is 17.2 Å². The summed E-state index contributed by atoms with van der Waals surface area (Å²) in [6.45, 7) is 0. The zero-order valence-electron chi connectivity index (χ0n) is 17.9. The average Bonchev–Trinajstić information content (AvgIpc) is 3.62. The predicted molar refractivity (Wildman–Crippen MR) is 124 cm³/mol. The van der Waals surface area contributed by atoms with Crippen LogP contribution in [0.2, 0.25) is 0 Å². The number of primary amides is 1. The van der Waals surface area contributed by atoms with Gasteiger partial charge in [0.15, 0.2) is 0 Å². The molecule has 0 saturated heterocycles. The Hall–Kier alpha value is -3.86. The zero-order valence-corrected chi connectivity index (χ0v) is 17.9. The largest absolute Gasteiger partial charge is 0.497 e. The molecule has 5 heteroatoms. The summed E-state index contributed by atoms with van der Waals surface area (Å²) in [6.07, 6.45) is 4.55. The van der Waals surface area contributed by atoms with Crippen molar-refractivity contribution < 1.29 is 14.3 Å². The summed E-state index contributed by atoms with van der Waals surface area (Å²) < 4.78 is 7.42. The van der Waals surface area contributed by atoms with Gasteiger partial charge in [-0.3, -0.25) is 9.59 Å². The molecule has 2 N–H and O–H groups in total. The van der Waals surface area contributed by atoms with Crippen LogP contribution in [0.15, 0.2) is 72.9 Å². The lowest BCUT2D eigenvalue weighted by Gasteiger charge is -2.12. The lowest BCUT2D eigenvalue weighted by atomic mass is 9.93. The minimum Gasteiger partial charge on any atom is -0.497 e. The van der Waals surface area contributed by atoms with Crippen molar-refractivity contribution in [2.24, 2.45) is 5.73 Å². The van der Waals surface area contributed by atoms with Crippen molar-refractivity contribution in [3.05, 3.63) is 95.3 Å². The number of rotatable bonds is 7. The fourth-order valence-corrected chi connectivity index (χ4v) is 4.56. The van der Waals surface area contributed by atoms with E-state index in [0.717, 1.165) is 40.8 Å². The number of carbonyl (C=O) groups excluding carboxylic acids is 2. The molecule has 0 atom stereocenters. The molecular formula is C27H24N2O3. The third-order valence-corrected chi connectivity index (χ3v) is 6.19. The van der Waals surface area contributed by atoms with Crippen molar-refractivity contribution in [2.45, 2.75) is 25.2 Å². The first kappa shape index (κ1) is 20.1. The van der Waals surface area contributed by atoms with Gasteiger partial charge in [0.05, 0.1) is 18.2 Å². The second kappa shape index (κ2) is 8.00. The molecule has 0 unspecified atom stereocenters. The van der Waals surface area contributed by atoms with Gasteiger partial charge in [-0.15, -0.1) is 0 Å². The van der Waals surface area contributed by atoms with E-state index in [2.05, 4.69) is 24.3 Å². The number of benzene rings is 2. The molecule has 1 aliphatic rings. The van der Waals surface area contributed by atoms with E-state index < -0.39 is 11.7 Å². The van der Waals surface area contributed by atoms with Gasteiger partial charge in [-0.1, -0.05) is 54.6 Å². The molecule has 0 bridgehead atoms. The van der Waals surface area contributed by atoms with Crippen LogP contribution in [0.1, 0.15) is 45.9 Å². The van der Waals surface area contributed by atoms with Crippen molar-refractivity contribution in [3.63, 3.8) is 0 Å². The first-order chi connectivity index (χ1) is 15.6. The van der Waals surface area contributed by atoms with Gasteiger partial charge in [-0.05, 0) is 47.1 Å². The number of ether oxygens (including phenoxy) is 1. The van der Waals surface area contributed by atoms with E-state index in [1.54, 1.807) is 7.11 Å². The van der Waals surface area contributed by atoms with E-state index in [9.17, 15) is 9.59 Å². The lowest BCUT2D eigenvalue weighted by Crippen LogP contribution is -2.24. The van der Waals surface area contributed by atoms with Crippen LogP contribution in [0.5, 0.6) is 5.75 Å². The number of fused-ring (bicyclic) bond motifs is 1. The average molecular weight is 425 g/mol. The number of methoxy groups -OCH3 is 1. The second-order valence-electron chi connectivity index (χ2n) is 8.22. The lowest BCUT2D eigenvalue weighted by molar-refractivity contribution is -0.114. The Labute approximate surface area is 186 Å². The van der Waals surface area contributed by atoms with E-state index in [0.29, 0.717) is 23.3 Å². The van der Waals surface area contributed by atoms with Gasteiger partial charge in [0, 0.05) is 24.4 Å². The summed E-state index contributed by atoms with van der Waals surface area (Å²) in [5.74, 6) is -0.677. The number of aromatic nitrogens is 1. The van der Waals surface area contributed by atoms with Gasteiger partial charge in [0.25, 0.3) is 11.7 Å². The summed E-state index contributed by atoms with van der Waals surface area (Å²) in [5, 5.41) is 0. The highest BCUT2D eigenvalue weighted by atomic mass is 16.5. The number of pyridine rings is 1. The monoisotopic (exact) mass is 424 g/mol. The molecular weight excluding hydrogens is 400 g/mol. The van der Waals surface area contributed by atoms with Crippen molar-refractivity contribution in [1.82, 2.24) is 4.40 Å². The molecule has 2 aromatic heterocycles. The first-order valence-corrected chi connectivity index (χ1v) is 10.8. The minimum atomic E-state index is -0.932. The third-order valence-electron chi connectivity index (χ3n) is 6.19. The minimum absolute atomic E-state index is 0.262. The molecule has 2 aromatic carbocycles. The highest BCUT2D eigenvalue weighted by Gasteiger charge is 2.36. The van der Waals surface area contributed by atoms with Gasteiger partial charge in [0.2, 0.25) is 0 Å². The molecule has 5 nitrogen and oxygen atoms in total. The van der Waals surface area contributed by atoms with Gasteiger partial charge in [-0.25, -0.2) is 0 Å². The molecule has 5 rings (SSSR count). The smallest absolute Gasteiger partial charge is 0.289 e. The van der Waals surface area contributed by atoms with Crippen LogP contribution in [0.4, 0.5) is 0 Å². The number of hydrogen-bond acceptors (Lipinski definition) is 3. The number of ketones is 1. The zero-order chi connectivity index (χ0) is 22.2. The number of nitrogens with two attached hydrogens (primary N) is 1. The molecule has 0 radical (unpaired) electrons. The number of amides is 1. The molecule has 1 amide bonds. The summed E-state index contributed by atoms with van der Waals surface area (Å²) in [5.41, 5.74) is 12.0. The number of Topliss-reactive ketones (excluding diaryl/α,β-unsaturated/α-hetero) is 1. The maximum absolute atomic E-state index is 12.9. The Morgan fingerprint density at radius 2 is 1.75 bits per heavy atom. The highest BCUT2D eigenvalue weighted by molar-refractivity contribution is 6.44. The molecule has 32 heavy (non-hydrogen) atoms. The van der Waals surface area contributed by atoms with Gasteiger partial charge in [-0.2, -0.15) is 0 Å². The summed E-state index contributed by atoms with van der Waals surface area (Å²) in [7, 11) is 1.59. The van der Waals surface area contributed by atoms with E-state index >= 15 is 0 Å². The van der Waals surface area contributed by atoms with Gasteiger partial charge < -0.3 is 14.9 Å². The summed E-state index contributed by atoms with van der Waals surface area (Å²) in [4.78, 5) is 24.9. The first-order valence-electron chi connectivity index (χ1n) is 10.8. The SMILES string of the molecule is COc1ccn2c(Cc3ccccc3-c3ccccc3)c(C3CC3)c(C(=O)C(N)=O)c2c1. The fraction of sp³-hybridized carbons (Fsp3) is 0.185. The van der Waals surface area contributed by atoms with E-state index in [1.807, 2.05) is 53.1 Å². The number of hydrogen-bond donors (Lipinski definition) is 1. The molecule has 4 aromatic rings. The van der Waals surface area contributed by atoms with Crippen LogP contribution in [0.3, 0.4) is 0 Å². The fourth-order valence-electron chi connectivity index (χ4n) is 4.56. The molecule has 160 valence electrons. The van der Waals surface area contributed by atoms with Crippen LogP contribution in [-0.2, 0) is 11.2 Å². The van der Waals surface area contributed by atoms with Crippen LogP contribution in [0.25, 0.3) is 16.6 Å². The maximum Gasteiger partial charge on any atom is 0.289 e. The number of nitrogens with zero attached hydrogens (tertiary/aromatic N) is 1. The van der Waals surface area contributed by atoms with Crippen molar-refractivity contribution in [3.8, 4) is 16.9 Å². The van der Waals surface area contributed by atoms with Gasteiger partial charge in [0.1, 0.15) is 5.75 Å². The third kappa shape index (κ3) is 3.46. The Balaban J connectivity index is 1.73. The van der Waals surface area contributed by atoms with Crippen LogP contribution in [0, 0.1) is 0 Å². The molecule has 1 aliphatic carbocycles. The number of carbonyl (C=O) groups is 2. The Morgan fingerprint density at radius 1 is 1.03 bits per heavy atom. The molecule has 1 saturated carbocycles. The topological polar surface area (TPSA) is 73.8 Å². The van der Waals surface area contributed by atoms with Crippen molar-refractivity contribution in [1.29, 1.82) is 0 Å². The summed E-state index contributed by atoms with van der Waals surface area (Å²) in [6, 6.07) is 22.3. The Morgan fingerprint density at radius 3 is 2.44 bits per heavy atom. The van der Waals surface area contributed by atoms with Crippen molar-refractivity contribution in [2.75, 3.05) is 7.11 Å². The van der Waals surface area contributed by atoms with E-state index in [4.69, 9.17) is 10.5 Å².